The lowest BCUT2D eigenvalue weighted by Crippen LogP contribution is -2.46. The minimum absolute atomic E-state index is 0.104. The van der Waals surface area contributed by atoms with E-state index in [1.807, 2.05) is 11.9 Å². The van der Waals surface area contributed by atoms with Gasteiger partial charge < -0.3 is 29.6 Å². The van der Waals surface area contributed by atoms with Crippen molar-refractivity contribution in [2.24, 2.45) is 0 Å². The Morgan fingerprint density at radius 1 is 1.18 bits per heavy atom. The number of ether oxygens (including phenoxy) is 2. The summed E-state index contributed by atoms with van der Waals surface area (Å²) < 4.78 is 66.7. The van der Waals surface area contributed by atoms with E-state index in [1.54, 1.807) is 43.3 Å². The third-order valence-corrected chi connectivity index (χ3v) is 6.66. The van der Waals surface area contributed by atoms with Gasteiger partial charge in [-0.1, -0.05) is 12.0 Å². The molecule has 2 N–H and O–H groups in total. The van der Waals surface area contributed by atoms with E-state index in [1.165, 1.54) is 13.2 Å². The Morgan fingerprint density at radius 3 is 2.67 bits per heavy atom. The number of aromatic nitrogens is 1. The number of piperidine rings is 1. The van der Waals surface area contributed by atoms with E-state index in [0.29, 0.717) is 46.6 Å². The number of anilines is 2. The molecule has 1 saturated heterocycles. The summed E-state index contributed by atoms with van der Waals surface area (Å²) in [5.41, 5.74) is 2.01. The van der Waals surface area contributed by atoms with Crippen LogP contribution in [0.25, 0.3) is 10.9 Å². The number of hydrogen-bond donors (Lipinski definition) is 2. The minimum atomic E-state index is -4.46. The van der Waals surface area contributed by atoms with Crippen LogP contribution in [-0.4, -0.2) is 74.2 Å². The summed E-state index contributed by atoms with van der Waals surface area (Å²) in [6.45, 7) is 1.87. The molecule has 0 amide bonds. The summed E-state index contributed by atoms with van der Waals surface area (Å²) in [4.78, 5) is 13.9. The first-order chi connectivity index (χ1) is 19.1. The second-order valence-corrected chi connectivity index (χ2v) is 9.58. The predicted molar refractivity (Wildman–Crippen MR) is 147 cm³/mol. The Balaban J connectivity index is 1.58. The van der Waals surface area contributed by atoms with Crippen molar-refractivity contribution < 1.29 is 31.8 Å². The summed E-state index contributed by atoms with van der Waals surface area (Å²) in [7, 11) is 3.31. The number of rotatable bonds is 8. The lowest BCUT2D eigenvalue weighted by atomic mass is 10.0. The number of hydrogen-bond acceptors (Lipinski definition) is 6. The number of fused-ring (bicyclic) bond motifs is 1. The van der Waals surface area contributed by atoms with Crippen LogP contribution in [-0.2, 0) is 11.3 Å². The highest BCUT2D eigenvalue weighted by Gasteiger charge is 2.31. The Morgan fingerprint density at radius 2 is 1.98 bits per heavy atom. The summed E-state index contributed by atoms with van der Waals surface area (Å²) >= 11 is 0. The van der Waals surface area contributed by atoms with Gasteiger partial charge in [-0.3, -0.25) is 0 Å². The van der Waals surface area contributed by atoms with Gasteiger partial charge in [0.1, 0.15) is 18.5 Å². The zero-order chi connectivity index (χ0) is 28.9. The van der Waals surface area contributed by atoms with E-state index in [0.717, 1.165) is 11.1 Å². The predicted octanol–water partition coefficient (Wildman–Crippen LogP) is 5.31. The Bertz CT molecular complexity index is 1410. The normalized spacial score (nSPS) is 17.7. The van der Waals surface area contributed by atoms with E-state index in [4.69, 9.17) is 9.47 Å². The molecule has 3 aromatic rings. The van der Waals surface area contributed by atoms with E-state index in [9.17, 15) is 22.4 Å². The summed E-state index contributed by atoms with van der Waals surface area (Å²) in [5.74, 6) is 5.65. The third kappa shape index (κ3) is 6.99. The molecule has 0 radical (unpaired) electrons. The second kappa shape index (κ2) is 12.5. The molecule has 214 valence electrons. The largest absolute Gasteiger partial charge is 0.495 e. The minimum Gasteiger partial charge on any atom is -0.495 e. The molecule has 0 unspecified atom stereocenters. The van der Waals surface area contributed by atoms with Crippen molar-refractivity contribution in [2.45, 2.75) is 38.3 Å². The van der Waals surface area contributed by atoms with Crippen molar-refractivity contribution in [3.8, 4) is 17.6 Å². The molecule has 1 fully saturated rings. The Hall–Kier alpha value is -3.91. The topological polar surface area (TPSA) is 67.8 Å². The van der Waals surface area contributed by atoms with Gasteiger partial charge in [-0.25, -0.2) is 9.18 Å². The average Bonchev–Trinajstić information content (AvgIpc) is 3.25. The number of carbonyl (C=O) groups excluding carboxylic acids is 1. The van der Waals surface area contributed by atoms with Crippen molar-refractivity contribution >= 4 is 28.2 Å². The number of nitrogens with zero attached hydrogens (tertiary/aromatic N) is 2. The smallest absolute Gasteiger partial charge is 0.406 e. The fraction of sp³-hybridized carbons (Fsp3) is 0.414. The highest BCUT2D eigenvalue weighted by atomic mass is 19.4. The third-order valence-electron chi connectivity index (χ3n) is 6.66. The molecule has 0 aliphatic carbocycles. The van der Waals surface area contributed by atoms with E-state index < -0.39 is 30.9 Å². The molecule has 11 heteroatoms. The molecule has 1 aromatic heterocycles. The maximum Gasteiger partial charge on any atom is 0.406 e. The molecule has 1 aliphatic heterocycles. The first-order valence-electron chi connectivity index (χ1n) is 13.0. The van der Waals surface area contributed by atoms with Crippen LogP contribution in [0.5, 0.6) is 5.75 Å². The van der Waals surface area contributed by atoms with Gasteiger partial charge >= 0.3 is 12.1 Å². The van der Waals surface area contributed by atoms with Crippen LogP contribution < -0.4 is 15.4 Å². The van der Waals surface area contributed by atoms with Crippen molar-refractivity contribution in [3.63, 3.8) is 0 Å². The van der Waals surface area contributed by atoms with Crippen LogP contribution in [0.4, 0.5) is 28.9 Å². The molecule has 40 heavy (non-hydrogen) atoms. The number of nitrogens with one attached hydrogen (secondary N) is 2. The maximum absolute atomic E-state index is 14.7. The van der Waals surface area contributed by atoms with Gasteiger partial charge in [-0.2, -0.15) is 13.2 Å². The standard InChI is InChI=1S/C29H32F4N4O3/c1-4-40-28(38)19-10-11-25(27(15-19)39-3)34-13-6-7-20-16-21-23(35-24-12-14-36(2)17-22(24)30)8-5-9-26(21)37(20)18-29(31,32)33/h5,8-11,15-16,22,24,34-35H,4,12-14,17-18H2,1-3H3/t22-,24+/m0/s1. The van der Waals surface area contributed by atoms with Crippen LogP contribution in [0.1, 0.15) is 29.4 Å². The molecule has 2 aromatic carbocycles. The SMILES string of the molecule is CCOC(=O)c1ccc(NCC#Cc2cc3c(N[C@@H]4CCN(C)C[C@@H]4F)cccc3n2CC(F)(F)F)c(OC)c1. The quantitative estimate of drug-likeness (QED) is 0.221. The Labute approximate surface area is 230 Å². The number of benzene rings is 2. The molecule has 0 spiro atoms. The molecule has 0 saturated carbocycles. The first kappa shape index (κ1) is 29.1. The molecule has 0 bridgehead atoms. The van der Waals surface area contributed by atoms with Crippen LogP contribution >= 0.6 is 0 Å². The summed E-state index contributed by atoms with van der Waals surface area (Å²) in [6.07, 6.45) is -4.98. The van der Waals surface area contributed by atoms with E-state index in [-0.39, 0.29) is 18.8 Å². The highest BCUT2D eigenvalue weighted by molar-refractivity contribution is 5.94. The molecular weight excluding hydrogens is 528 g/mol. The van der Waals surface area contributed by atoms with Crippen LogP contribution in [0.15, 0.2) is 42.5 Å². The van der Waals surface area contributed by atoms with Crippen LogP contribution in [0.2, 0.25) is 0 Å². The van der Waals surface area contributed by atoms with Gasteiger partial charge in [-0.05, 0) is 62.7 Å². The zero-order valence-corrected chi connectivity index (χ0v) is 22.6. The van der Waals surface area contributed by atoms with Crippen molar-refractivity contribution in [2.75, 3.05) is 51.0 Å². The van der Waals surface area contributed by atoms with Crippen LogP contribution in [0.3, 0.4) is 0 Å². The van der Waals surface area contributed by atoms with Gasteiger partial charge in [0.05, 0.1) is 48.8 Å². The monoisotopic (exact) mass is 560 g/mol. The number of methoxy groups -OCH3 is 1. The highest BCUT2D eigenvalue weighted by Crippen LogP contribution is 2.32. The number of carbonyl (C=O) groups is 1. The van der Waals surface area contributed by atoms with Gasteiger partial charge in [0, 0.05) is 24.2 Å². The molecular formula is C29H32F4N4O3. The zero-order valence-electron chi connectivity index (χ0n) is 22.6. The molecule has 1 aliphatic rings. The van der Waals surface area contributed by atoms with Gasteiger partial charge in [0.2, 0.25) is 0 Å². The Kier molecular flexibility index (Phi) is 9.10. The molecule has 2 heterocycles. The van der Waals surface area contributed by atoms with Crippen molar-refractivity contribution in [1.82, 2.24) is 9.47 Å². The number of esters is 1. The average molecular weight is 561 g/mol. The fourth-order valence-electron chi connectivity index (χ4n) is 4.74. The fourth-order valence-corrected chi connectivity index (χ4v) is 4.74. The first-order valence-corrected chi connectivity index (χ1v) is 13.0. The van der Waals surface area contributed by atoms with Crippen LogP contribution in [0, 0.1) is 11.8 Å². The number of likely N-dealkylation sites (tertiary alicyclic amines) is 1. The van der Waals surface area contributed by atoms with Gasteiger partial charge in [0.25, 0.3) is 0 Å². The maximum atomic E-state index is 14.7. The molecule has 4 rings (SSSR count). The lowest BCUT2D eigenvalue weighted by Gasteiger charge is -2.33. The van der Waals surface area contributed by atoms with Gasteiger partial charge in [0.15, 0.2) is 0 Å². The van der Waals surface area contributed by atoms with Crippen molar-refractivity contribution in [3.05, 3.63) is 53.7 Å². The summed E-state index contributed by atoms with van der Waals surface area (Å²) in [6, 6.07) is 10.9. The van der Waals surface area contributed by atoms with E-state index in [2.05, 4.69) is 22.5 Å². The second-order valence-electron chi connectivity index (χ2n) is 9.58. The number of alkyl halides is 4. The lowest BCUT2D eigenvalue weighted by molar-refractivity contribution is -0.140. The van der Waals surface area contributed by atoms with Crippen molar-refractivity contribution in [1.29, 1.82) is 0 Å². The molecule has 7 nitrogen and oxygen atoms in total. The van der Waals surface area contributed by atoms with E-state index >= 15 is 0 Å². The van der Waals surface area contributed by atoms with Gasteiger partial charge in [-0.15, -0.1) is 0 Å². The number of halogens is 4. The molecule has 2 atom stereocenters. The summed E-state index contributed by atoms with van der Waals surface area (Å²) in [5, 5.41) is 6.83.